The molecule has 210 valence electrons. The van der Waals surface area contributed by atoms with E-state index in [0.29, 0.717) is 43.2 Å². The van der Waals surface area contributed by atoms with Crippen molar-refractivity contribution in [3.05, 3.63) is 35.9 Å². The van der Waals surface area contributed by atoms with Gasteiger partial charge in [0.1, 0.15) is 0 Å². The first-order valence-electron chi connectivity index (χ1n) is 14.4. The highest BCUT2D eigenvalue weighted by Crippen LogP contribution is 2.65. The van der Waals surface area contributed by atoms with Crippen molar-refractivity contribution < 1.29 is 14.1 Å². The van der Waals surface area contributed by atoms with E-state index >= 15 is 0 Å². The molecule has 1 aliphatic heterocycles. The number of aliphatic imine (C=N–C) groups is 1. The number of carbonyl (C=O) groups excluding carboxylic acids is 1. The molecule has 1 aromatic carbocycles. The molecule has 9 heteroatoms. The quantitative estimate of drug-likeness (QED) is 0.144. The zero-order chi connectivity index (χ0) is 27.5. The number of nitrogens with one attached hydrogen (secondary N) is 3. The molecule has 0 radical (unpaired) electrons. The normalized spacial score (nSPS) is 29.4. The second kappa shape index (κ2) is 12.0. The molecule has 5 N–H and O–H groups in total. The molecule has 6 atom stereocenters. The van der Waals surface area contributed by atoms with Gasteiger partial charge in [-0.1, -0.05) is 58.0 Å². The van der Waals surface area contributed by atoms with Crippen LogP contribution < -0.4 is 21.7 Å². The first kappa shape index (κ1) is 28.9. The predicted molar refractivity (Wildman–Crippen MR) is 153 cm³/mol. The summed E-state index contributed by atoms with van der Waals surface area (Å²) in [5, 5.41) is 9.92. The maximum atomic E-state index is 13.7. The van der Waals surface area contributed by atoms with Crippen molar-refractivity contribution in [3.8, 4) is 0 Å². The van der Waals surface area contributed by atoms with Gasteiger partial charge in [0.05, 0.1) is 23.7 Å². The average molecular weight is 526 g/mol. The van der Waals surface area contributed by atoms with Crippen molar-refractivity contribution in [3.63, 3.8) is 0 Å². The fourth-order valence-corrected chi connectivity index (χ4v) is 6.86. The lowest BCUT2D eigenvalue weighted by Gasteiger charge is -2.64. The summed E-state index contributed by atoms with van der Waals surface area (Å²) in [6, 6.07) is 9.82. The first-order chi connectivity index (χ1) is 18.0. The predicted octanol–water partition coefficient (Wildman–Crippen LogP) is 3.26. The maximum absolute atomic E-state index is 13.7. The van der Waals surface area contributed by atoms with Gasteiger partial charge in [-0.15, -0.1) is 0 Å². The van der Waals surface area contributed by atoms with Crippen LogP contribution in [0.3, 0.4) is 0 Å². The Labute approximate surface area is 229 Å². The molecule has 0 spiro atoms. The van der Waals surface area contributed by atoms with Crippen LogP contribution in [0.4, 0.5) is 0 Å². The van der Waals surface area contributed by atoms with E-state index in [1.807, 2.05) is 18.2 Å². The first-order valence-corrected chi connectivity index (χ1v) is 14.4. The van der Waals surface area contributed by atoms with E-state index in [2.05, 4.69) is 67.7 Å². The molecule has 1 heterocycles. The molecular formula is C29H48BN5O3. The molecule has 0 aromatic heterocycles. The lowest BCUT2D eigenvalue weighted by molar-refractivity contribution is -0.199. The van der Waals surface area contributed by atoms with Gasteiger partial charge in [0.2, 0.25) is 5.91 Å². The fourth-order valence-electron chi connectivity index (χ4n) is 6.86. The van der Waals surface area contributed by atoms with Gasteiger partial charge >= 0.3 is 7.12 Å². The van der Waals surface area contributed by atoms with Crippen LogP contribution in [0.25, 0.3) is 0 Å². The number of guanidine groups is 1. The number of nitrogens with zero attached hydrogens (tertiary/aromatic N) is 1. The minimum absolute atomic E-state index is 0.0134. The highest BCUT2D eigenvalue weighted by molar-refractivity contribution is 6.47. The van der Waals surface area contributed by atoms with Gasteiger partial charge in [-0.05, 0) is 67.8 Å². The summed E-state index contributed by atoms with van der Waals surface area (Å²) in [7, 11) is 1.23. The Kier molecular flexibility index (Phi) is 9.10. The Morgan fingerprint density at radius 3 is 2.61 bits per heavy atom. The number of hydrogen-bond donors (Lipinski definition) is 4. The topological polar surface area (TPSA) is 110 Å². The SMILES string of the molecule is CN=C(N)NCCC[C@H](NCc1ccccc1)C(=O)N[C@@H](CC(C)C)B1O[C@@H]2C[C@@H]3C[C@@H](C3(C)C)[C@]2(C)O1. The molecule has 4 aliphatic rings. The molecule has 38 heavy (non-hydrogen) atoms. The molecule has 0 unspecified atom stereocenters. The van der Waals surface area contributed by atoms with Gasteiger partial charge in [-0.2, -0.15) is 0 Å². The molecule has 1 aromatic rings. The van der Waals surface area contributed by atoms with Gasteiger partial charge in [0, 0.05) is 20.1 Å². The van der Waals surface area contributed by atoms with Gasteiger partial charge in [0.25, 0.3) is 0 Å². The summed E-state index contributed by atoms with van der Waals surface area (Å²) in [6.45, 7) is 12.6. The zero-order valence-corrected chi connectivity index (χ0v) is 24.1. The number of hydrogen-bond acceptors (Lipinski definition) is 5. The van der Waals surface area contributed by atoms with E-state index in [0.717, 1.165) is 24.8 Å². The van der Waals surface area contributed by atoms with Crippen LogP contribution in [-0.2, 0) is 20.6 Å². The smallest absolute Gasteiger partial charge is 0.404 e. The standard InChI is InChI=1S/C29H48BN5O3/c1-19(2)15-25(30-37-24-17-21-16-23(28(21,3)4)29(24,5)38-30)35-26(36)22(13-10-14-33-27(31)32-6)34-18-20-11-8-7-9-12-20/h7-9,11-12,19,21-25,34H,10,13-18H2,1-6H3,(H,35,36)(H3,31,32,33)/t21-,22-,23-,24+,25-,29-/m0/s1. The van der Waals surface area contributed by atoms with Gasteiger partial charge in [-0.25, -0.2) is 0 Å². The van der Waals surface area contributed by atoms with Gasteiger partial charge in [0.15, 0.2) is 5.96 Å². The molecule has 5 rings (SSSR count). The van der Waals surface area contributed by atoms with Crippen molar-refractivity contribution in [1.82, 2.24) is 16.0 Å². The third kappa shape index (κ3) is 6.21. The number of carbonyl (C=O) groups is 1. The second-order valence-electron chi connectivity index (χ2n) is 12.7. The van der Waals surface area contributed by atoms with Crippen LogP contribution >= 0.6 is 0 Å². The molecule has 4 fully saturated rings. The average Bonchev–Trinajstić information content (AvgIpc) is 3.25. The molecular weight excluding hydrogens is 477 g/mol. The lowest BCUT2D eigenvalue weighted by Crippen LogP contribution is -2.65. The molecule has 1 amide bonds. The van der Waals surface area contributed by atoms with Crippen molar-refractivity contribution in [2.45, 2.75) is 97.0 Å². The molecule has 8 nitrogen and oxygen atoms in total. The molecule has 1 saturated heterocycles. The highest BCUT2D eigenvalue weighted by Gasteiger charge is 2.68. The lowest BCUT2D eigenvalue weighted by atomic mass is 9.43. The van der Waals surface area contributed by atoms with Gasteiger partial charge in [-0.3, -0.25) is 9.79 Å². The summed E-state index contributed by atoms with van der Waals surface area (Å²) < 4.78 is 13.3. The third-order valence-corrected chi connectivity index (χ3v) is 9.28. The monoisotopic (exact) mass is 525 g/mol. The number of benzene rings is 1. The van der Waals surface area contributed by atoms with E-state index in [1.54, 1.807) is 7.05 Å². The molecule has 3 saturated carbocycles. The van der Waals surface area contributed by atoms with Crippen molar-refractivity contribution >= 4 is 19.0 Å². The minimum atomic E-state index is -0.427. The van der Waals surface area contributed by atoms with E-state index in [-0.39, 0.29) is 35.0 Å². The largest absolute Gasteiger partial charge is 0.481 e. The van der Waals surface area contributed by atoms with Crippen LogP contribution in [0.2, 0.25) is 0 Å². The van der Waals surface area contributed by atoms with Crippen molar-refractivity contribution in [1.29, 1.82) is 0 Å². The van der Waals surface area contributed by atoms with Crippen LogP contribution in [-0.4, -0.2) is 56.3 Å². The Morgan fingerprint density at radius 2 is 1.95 bits per heavy atom. The van der Waals surface area contributed by atoms with Crippen molar-refractivity contribution in [2.75, 3.05) is 13.6 Å². The van der Waals surface area contributed by atoms with Gasteiger partial charge < -0.3 is 31.0 Å². The van der Waals surface area contributed by atoms with Crippen LogP contribution in [0, 0.1) is 23.2 Å². The van der Waals surface area contributed by atoms with E-state index in [9.17, 15) is 4.79 Å². The van der Waals surface area contributed by atoms with Crippen LogP contribution in [0.15, 0.2) is 35.3 Å². The summed E-state index contributed by atoms with van der Waals surface area (Å²) >= 11 is 0. The Bertz CT molecular complexity index is 974. The minimum Gasteiger partial charge on any atom is -0.404 e. The zero-order valence-electron chi connectivity index (χ0n) is 24.1. The van der Waals surface area contributed by atoms with E-state index < -0.39 is 7.12 Å². The maximum Gasteiger partial charge on any atom is 0.481 e. The third-order valence-electron chi connectivity index (χ3n) is 9.28. The van der Waals surface area contributed by atoms with E-state index in [1.165, 1.54) is 6.42 Å². The summed E-state index contributed by atoms with van der Waals surface area (Å²) in [5.74, 6) is 1.77. The second-order valence-corrected chi connectivity index (χ2v) is 12.7. The van der Waals surface area contributed by atoms with E-state index in [4.69, 9.17) is 15.0 Å². The summed E-state index contributed by atoms with van der Waals surface area (Å²) in [4.78, 5) is 17.7. The summed E-state index contributed by atoms with van der Waals surface area (Å²) in [6.07, 6.45) is 4.59. The van der Waals surface area contributed by atoms with Crippen molar-refractivity contribution in [2.24, 2.45) is 33.9 Å². The molecule has 3 aliphatic carbocycles. The Hall–Kier alpha value is -2.10. The number of amides is 1. The molecule has 2 bridgehead atoms. The van der Waals surface area contributed by atoms with Crippen LogP contribution in [0.1, 0.15) is 72.3 Å². The fraction of sp³-hybridized carbons (Fsp3) is 0.724. The highest BCUT2D eigenvalue weighted by atomic mass is 16.7. The Balaban J connectivity index is 1.43. The van der Waals surface area contributed by atoms with Crippen LogP contribution in [0.5, 0.6) is 0 Å². The summed E-state index contributed by atoms with van der Waals surface area (Å²) in [5.41, 5.74) is 6.91. The number of rotatable bonds is 12. The Morgan fingerprint density at radius 1 is 1.21 bits per heavy atom. The number of nitrogens with two attached hydrogens (primary N) is 1.